The molecule has 19 heavy (non-hydrogen) atoms. The van der Waals surface area contributed by atoms with E-state index in [9.17, 15) is 9.90 Å². The van der Waals surface area contributed by atoms with Crippen LogP contribution in [0.25, 0.3) is 0 Å². The third-order valence-electron chi connectivity index (χ3n) is 3.71. The SMILES string of the molecule is COC(=O)c1oc(CN2CCC(C(C)O)C2)cc1C. The van der Waals surface area contributed by atoms with Crippen molar-refractivity contribution in [3.05, 3.63) is 23.2 Å². The van der Waals surface area contributed by atoms with Gasteiger partial charge in [-0.05, 0) is 38.8 Å². The molecule has 5 heteroatoms. The number of furan rings is 1. The summed E-state index contributed by atoms with van der Waals surface area (Å²) in [7, 11) is 1.34. The zero-order chi connectivity index (χ0) is 14.0. The molecule has 1 aliphatic rings. The van der Waals surface area contributed by atoms with Gasteiger partial charge in [0.15, 0.2) is 0 Å². The number of carbonyl (C=O) groups is 1. The number of hydrogen-bond acceptors (Lipinski definition) is 5. The molecule has 0 saturated carbocycles. The Morgan fingerprint density at radius 1 is 1.68 bits per heavy atom. The molecule has 5 nitrogen and oxygen atoms in total. The molecule has 2 atom stereocenters. The number of esters is 1. The lowest BCUT2D eigenvalue weighted by Gasteiger charge is -2.15. The largest absolute Gasteiger partial charge is 0.463 e. The Hall–Kier alpha value is -1.33. The molecule has 0 aliphatic carbocycles. The Morgan fingerprint density at radius 2 is 2.42 bits per heavy atom. The van der Waals surface area contributed by atoms with Crippen LogP contribution in [-0.4, -0.2) is 42.3 Å². The molecule has 0 aromatic carbocycles. The van der Waals surface area contributed by atoms with Crippen LogP contribution in [0, 0.1) is 12.8 Å². The van der Waals surface area contributed by atoms with E-state index in [1.807, 2.05) is 19.9 Å². The van der Waals surface area contributed by atoms with Crippen LogP contribution >= 0.6 is 0 Å². The Balaban J connectivity index is 1.99. The van der Waals surface area contributed by atoms with Crippen molar-refractivity contribution in [2.75, 3.05) is 20.2 Å². The average Bonchev–Trinajstić information content (AvgIpc) is 2.96. The molecule has 1 fully saturated rings. The summed E-state index contributed by atoms with van der Waals surface area (Å²) in [6.45, 7) is 6.15. The van der Waals surface area contributed by atoms with Gasteiger partial charge in [0.1, 0.15) is 5.76 Å². The third-order valence-corrected chi connectivity index (χ3v) is 3.71. The fourth-order valence-electron chi connectivity index (χ4n) is 2.54. The van der Waals surface area contributed by atoms with E-state index in [2.05, 4.69) is 9.64 Å². The van der Waals surface area contributed by atoms with Crippen molar-refractivity contribution >= 4 is 5.97 Å². The zero-order valence-electron chi connectivity index (χ0n) is 11.7. The van der Waals surface area contributed by atoms with Crippen LogP contribution in [0.2, 0.25) is 0 Å². The minimum Gasteiger partial charge on any atom is -0.463 e. The Kier molecular flexibility index (Phi) is 4.27. The van der Waals surface area contributed by atoms with Gasteiger partial charge in [-0.3, -0.25) is 4.90 Å². The van der Waals surface area contributed by atoms with Crippen LogP contribution in [0.1, 0.15) is 35.2 Å². The number of aliphatic hydroxyl groups is 1. The molecule has 2 unspecified atom stereocenters. The van der Waals surface area contributed by atoms with Crippen LogP contribution in [0.3, 0.4) is 0 Å². The van der Waals surface area contributed by atoms with Crippen LogP contribution in [0.5, 0.6) is 0 Å². The van der Waals surface area contributed by atoms with E-state index < -0.39 is 5.97 Å². The zero-order valence-corrected chi connectivity index (χ0v) is 11.7. The number of likely N-dealkylation sites (tertiary alicyclic amines) is 1. The van der Waals surface area contributed by atoms with Crippen LogP contribution < -0.4 is 0 Å². The number of aliphatic hydroxyl groups excluding tert-OH is 1. The first kappa shape index (κ1) is 14.1. The van der Waals surface area contributed by atoms with Crippen LogP contribution in [0.4, 0.5) is 0 Å². The van der Waals surface area contributed by atoms with Crippen LogP contribution in [0.15, 0.2) is 10.5 Å². The lowest BCUT2D eigenvalue weighted by molar-refractivity contribution is 0.0560. The van der Waals surface area contributed by atoms with E-state index in [0.717, 1.165) is 30.8 Å². The standard InChI is InChI=1S/C14H21NO4/c1-9-6-12(19-13(9)14(17)18-3)8-15-5-4-11(7-15)10(2)16/h6,10-11,16H,4-5,7-8H2,1-3H3. The Labute approximate surface area is 113 Å². The highest BCUT2D eigenvalue weighted by molar-refractivity contribution is 5.87. The second kappa shape index (κ2) is 5.75. The summed E-state index contributed by atoms with van der Waals surface area (Å²) in [6.07, 6.45) is 0.732. The molecule has 1 saturated heterocycles. The predicted molar refractivity (Wildman–Crippen MR) is 69.8 cm³/mol. The molecule has 106 valence electrons. The van der Waals surface area contributed by atoms with Crippen molar-refractivity contribution in [1.29, 1.82) is 0 Å². The Morgan fingerprint density at radius 3 is 3.00 bits per heavy atom. The summed E-state index contributed by atoms with van der Waals surface area (Å²) >= 11 is 0. The maximum atomic E-state index is 11.5. The number of hydrogen-bond donors (Lipinski definition) is 1. The molecule has 1 aromatic rings. The van der Waals surface area contributed by atoms with Crippen LogP contribution in [-0.2, 0) is 11.3 Å². The average molecular weight is 267 g/mol. The molecule has 0 amide bonds. The summed E-state index contributed by atoms with van der Waals surface area (Å²) in [4.78, 5) is 13.7. The summed E-state index contributed by atoms with van der Waals surface area (Å²) in [5.74, 6) is 0.941. The first-order valence-corrected chi connectivity index (χ1v) is 6.59. The highest BCUT2D eigenvalue weighted by Crippen LogP contribution is 2.23. The van der Waals surface area contributed by atoms with Gasteiger partial charge in [-0.25, -0.2) is 4.79 Å². The topological polar surface area (TPSA) is 62.9 Å². The van der Waals surface area contributed by atoms with Gasteiger partial charge < -0.3 is 14.3 Å². The molecule has 1 N–H and O–H groups in total. The van der Waals surface area contributed by atoms with Crippen molar-refractivity contribution in [2.45, 2.75) is 32.9 Å². The first-order chi connectivity index (χ1) is 9.01. The van der Waals surface area contributed by atoms with Gasteiger partial charge in [-0.15, -0.1) is 0 Å². The van der Waals surface area contributed by atoms with E-state index in [0.29, 0.717) is 12.5 Å². The minimum absolute atomic E-state index is 0.269. The lowest BCUT2D eigenvalue weighted by Crippen LogP contribution is -2.23. The summed E-state index contributed by atoms with van der Waals surface area (Å²) < 4.78 is 10.2. The van der Waals surface area contributed by atoms with Crippen molar-refractivity contribution < 1.29 is 19.1 Å². The molecule has 1 aliphatic heterocycles. The predicted octanol–water partition coefficient (Wildman–Crippen LogP) is 1.58. The number of ether oxygens (including phenoxy) is 1. The molecular formula is C14H21NO4. The number of nitrogens with zero attached hydrogens (tertiary/aromatic N) is 1. The summed E-state index contributed by atoms with van der Waals surface area (Å²) in [5.41, 5.74) is 0.799. The van der Waals surface area contributed by atoms with Gasteiger partial charge in [0.05, 0.1) is 19.8 Å². The van der Waals surface area contributed by atoms with E-state index >= 15 is 0 Å². The van der Waals surface area contributed by atoms with Gasteiger partial charge in [-0.1, -0.05) is 0 Å². The smallest absolute Gasteiger partial charge is 0.374 e. The maximum absolute atomic E-state index is 11.5. The molecule has 0 radical (unpaired) electrons. The second-order valence-electron chi connectivity index (χ2n) is 5.24. The number of carbonyl (C=O) groups excluding carboxylic acids is 1. The molecule has 0 bridgehead atoms. The monoisotopic (exact) mass is 267 g/mol. The minimum atomic E-state index is -0.438. The van der Waals surface area contributed by atoms with E-state index in [1.165, 1.54) is 7.11 Å². The van der Waals surface area contributed by atoms with E-state index in [1.54, 1.807) is 0 Å². The summed E-state index contributed by atoms with van der Waals surface area (Å²) in [6, 6.07) is 1.88. The number of aryl methyl sites for hydroxylation is 1. The molecule has 2 rings (SSSR count). The van der Waals surface area contributed by atoms with Crippen molar-refractivity contribution in [3.63, 3.8) is 0 Å². The van der Waals surface area contributed by atoms with Gasteiger partial charge in [-0.2, -0.15) is 0 Å². The molecular weight excluding hydrogens is 246 g/mol. The van der Waals surface area contributed by atoms with E-state index in [4.69, 9.17) is 4.42 Å². The number of rotatable bonds is 4. The van der Waals surface area contributed by atoms with Gasteiger partial charge in [0, 0.05) is 12.1 Å². The van der Waals surface area contributed by atoms with Gasteiger partial charge in [0.2, 0.25) is 5.76 Å². The van der Waals surface area contributed by atoms with Gasteiger partial charge in [0.25, 0.3) is 0 Å². The first-order valence-electron chi connectivity index (χ1n) is 6.59. The highest BCUT2D eigenvalue weighted by Gasteiger charge is 2.27. The molecule has 2 heterocycles. The van der Waals surface area contributed by atoms with Crippen molar-refractivity contribution in [2.24, 2.45) is 5.92 Å². The fourth-order valence-corrected chi connectivity index (χ4v) is 2.54. The maximum Gasteiger partial charge on any atom is 0.374 e. The lowest BCUT2D eigenvalue weighted by atomic mass is 10.0. The quantitative estimate of drug-likeness (QED) is 0.839. The fraction of sp³-hybridized carbons (Fsp3) is 0.643. The third kappa shape index (κ3) is 3.16. The number of methoxy groups -OCH3 is 1. The highest BCUT2D eigenvalue weighted by atomic mass is 16.5. The summed E-state index contributed by atoms with van der Waals surface area (Å²) in [5, 5.41) is 9.58. The van der Waals surface area contributed by atoms with Crippen molar-refractivity contribution in [3.8, 4) is 0 Å². The van der Waals surface area contributed by atoms with Crippen molar-refractivity contribution in [1.82, 2.24) is 4.90 Å². The molecule has 1 aromatic heterocycles. The normalized spacial score (nSPS) is 21.6. The molecule has 0 spiro atoms. The van der Waals surface area contributed by atoms with E-state index in [-0.39, 0.29) is 11.9 Å². The second-order valence-corrected chi connectivity index (χ2v) is 5.24. The van der Waals surface area contributed by atoms with Gasteiger partial charge >= 0.3 is 5.97 Å². The Bertz CT molecular complexity index is 452.